The smallest absolute Gasteiger partial charge is 0.332 e. The molecule has 1 aliphatic heterocycles. The van der Waals surface area contributed by atoms with Gasteiger partial charge in [-0.05, 0) is 116 Å². The Balaban J connectivity index is 0.000000271. The highest BCUT2D eigenvalue weighted by Gasteiger charge is 2.51. The number of ether oxygens (including phenoxy) is 3. The van der Waals surface area contributed by atoms with E-state index in [2.05, 4.69) is 4.98 Å². The van der Waals surface area contributed by atoms with Gasteiger partial charge in [0.15, 0.2) is 6.10 Å². The number of halogens is 2. The first-order valence-corrected chi connectivity index (χ1v) is 25.1. The Bertz CT molecular complexity index is 2560. The SMILES string of the molecule is CC1(C)COC(C)(CCCc2ccc(Cl)cc2)N1C(=O)n1ccnc1.CCN(CC)C(=O)C(C)Oc1cccc2ccccc12.CCOCCN(C(=O)CCl)C(=C(C)C)c1ccccc1.O=C(O)/C=C/C(=O)O. The van der Waals surface area contributed by atoms with Crippen molar-refractivity contribution in [3.63, 3.8) is 0 Å². The van der Waals surface area contributed by atoms with E-state index in [0.717, 1.165) is 57.6 Å². The van der Waals surface area contributed by atoms with Gasteiger partial charge in [0.1, 0.15) is 23.7 Å². The third kappa shape index (κ3) is 19.1. The molecule has 1 fully saturated rings. The van der Waals surface area contributed by atoms with Gasteiger partial charge in [-0.3, -0.25) is 19.1 Å². The zero-order chi connectivity index (χ0) is 54.1. The van der Waals surface area contributed by atoms with E-state index in [1.165, 1.54) is 16.5 Å². The van der Waals surface area contributed by atoms with Crippen LogP contribution >= 0.6 is 23.2 Å². The van der Waals surface area contributed by atoms with Crippen molar-refractivity contribution in [2.75, 3.05) is 45.3 Å². The van der Waals surface area contributed by atoms with Gasteiger partial charge in [0.25, 0.3) is 5.91 Å². The van der Waals surface area contributed by atoms with Crippen LogP contribution in [0.3, 0.4) is 0 Å². The van der Waals surface area contributed by atoms with Crippen LogP contribution in [0.5, 0.6) is 5.75 Å². The minimum Gasteiger partial charge on any atom is -0.480 e. The molecular formula is C56H71Cl2N5O10. The van der Waals surface area contributed by atoms with Crippen molar-refractivity contribution in [2.24, 2.45) is 0 Å². The van der Waals surface area contributed by atoms with Gasteiger partial charge in [-0.2, -0.15) is 0 Å². The van der Waals surface area contributed by atoms with Gasteiger partial charge in [0, 0.05) is 66.9 Å². The lowest BCUT2D eigenvalue weighted by Crippen LogP contribution is -2.55. The summed E-state index contributed by atoms with van der Waals surface area (Å²) in [6.45, 7) is 21.3. The molecule has 0 saturated carbocycles. The second kappa shape index (κ2) is 30.5. The Morgan fingerprint density at radius 1 is 0.863 bits per heavy atom. The summed E-state index contributed by atoms with van der Waals surface area (Å²) in [4.78, 5) is 65.8. The van der Waals surface area contributed by atoms with Crippen molar-refractivity contribution in [1.29, 1.82) is 0 Å². The average Bonchev–Trinajstić information content (AvgIpc) is 4.00. The van der Waals surface area contributed by atoms with Crippen LogP contribution in [-0.4, -0.2) is 127 Å². The summed E-state index contributed by atoms with van der Waals surface area (Å²) in [5, 5.41) is 18.5. The number of aryl methyl sites for hydroxylation is 1. The van der Waals surface area contributed by atoms with E-state index in [1.54, 1.807) is 22.2 Å². The van der Waals surface area contributed by atoms with Crippen LogP contribution in [0, 0.1) is 0 Å². The fourth-order valence-electron chi connectivity index (χ4n) is 8.02. The lowest BCUT2D eigenvalue weighted by atomic mass is 9.99. The highest BCUT2D eigenvalue weighted by atomic mass is 35.5. The van der Waals surface area contributed by atoms with Gasteiger partial charge < -0.3 is 34.2 Å². The van der Waals surface area contributed by atoms with Gasteiger partial charge in [0.2, 0.25) is 5.91 Å². The number of alkyl halides is 1. The molecule has 0 bridgehead atoms. The molecule has 394 valence electrons. The molecule has 1 aromatic heterocycles. The molecule has 2 unspecified atom stereocenters. The van der Waals surface area contributed by atoms with Crippen molar-refractivity contribution in [1.82, 2.24) is 24.3 Å². The molecule has 73 heavy (non-hydrogen) atoms. The Hall–Kier alpha value is -6.52. The number of amides is 3. The fourth-order valence-corrected chi connectivity index (χ4v) is 8.29. The summed E-state index contributed by atoms with van der Waals surface area (Å²) >= 11 is 11.7. The molecule has 1 aliphatic rings. The number of imidazole rings is 1. The normalized spacial score (nSPS) is 14.8. The fraction of sp³-hybridized carbons (Fsp3) is 0.393. The topological polar surface area (TPSA) is 181 Å². The van der Waals surface area contributed by atoms with Gasteiger partial charge >= 0.3 is 18.0 Å². The van der Waals surface area contributed by atoms with Crippen LogP contribution in [0.1, 0.15) is 86.3 Å². The number of nitrogens with zero attached hydrogens (tertiary/aromatic N) is 5. The first kappa shape index (κ1) is 60.8. The molecule has 0 radical (unpaired) electrons. The van der Waals surface area contributed by atoms with E-state index in [1.807, 2.05) is 164 Å². The van der Waals surface area contributed by atoms with E-state index >= 15 is 0 Å². The van der Waals surface area contributed by atoms with Gasteiger partial charge in [0.05, 0.1) is 18.8 Å². The Kier molecular flexibility index (Phi) is 25.4. The number of fused-ring (bicyclic) bond motifs is 1. The van der Waals surface area contributed by atoms with E-state index < -0.39 is 23.8 Å². The maximum atomic E-state index is 13.0. The number of carboxylic acid groups (broad SMARTS) is 2. The number of hydrogen-bond donors (Lipinski definition) is 2. The zero-order valence-corrected chi connectivity index (χ0v) is 44.9. The maximum absolute atomic E-state index is 13.0. The monoisotopic (exact) mass is 1040 g/mol. The van der Waals surface area contributed by atoms with Gasteiger partial charge in [-0.15, -0.1) is 11.6 Å². The lowest BCUT2D eigenvalue weighted by molar-refractivity contribution is -0.137. The van der Waals surface area contributed by atoms with Crippen molar-refractivity contribution < 1.29 is 48.4 Å². The summed E-state index contributed by atoms with van der Waals surface area (Å²) in [5.74, 6) is -1.86. The van der Waals surface area contributed by atoms with Crippen molar-refractivity contribution in [2.45, 2.75) is 98.9 Å². The second-order valence-corrected chi connectivity index (χ2v) is 18.4. The van der Waals surface area contributed by atoms with Crippen LogP contribution < -0.4 is 4.74 Å². The average molecular weight is 1050 g/mol. The maximum Gasteiger partial charge on any atom is 0.332 e. The Morgan fingerprint density at radius 3 is 2.04 bits per heavy atom. The Morgan fingerprint density at radius 2 is 1.48 bits per heavy atom. The number of carboxylic acids is 2. The predicted octanol–water partition coefficient (Wildman–Crippen LogP) is 11.1. The third-order valence-corrected chi connectivity index (χ3v) is 11.9. The minimum atomic E-state index is -1.26. The van der Waals surface area contributed by atoms with Crippen LogP contribution in [0.25, 0.3) is 16.5 Å². The number of allylic oxidation sites excluding steroid dienone is 1. The minimum absolute atomic E-state index is 0.0305. The summed E-state index contributed by atoms with van der Waals surface area (Å²) in [5.41, 5.74) is 3.25. The molecule has 1 saturated heterocycles. The largest absolute Gasteiger partial charge is 0.480 e. The van der Waals surface area contributed by atoms with Crippen LogP contribution in [0.2, 0.25) is 5.02 Å². The number of likely N-dealkylation sites (N-methyl/N-ethyl adjacent to an activating group) is 1. The van der Waals surface area contributed by atoms with Crippen molar-refractivity contribution >= 4 is 69.5 Å². The molecular weight excluding hydrogens is 974 g/mol. The summed E-state index contributed by atoms with van der Waals surface area (Å²) in [6.07, 6.45) is 8.06. The molecule has 2 heterocycles. The highest BCUT2D eigenvalue weighted by molar-refractivity contribution is 6.30. The van der Waals surface area contributed by atoms with Crippen LogP contribution in [-0.2, 0) is 35.1 Å². The number of rotatable bonds is 18. The van der Waals surface area contributed by atoms with Gasteiger partial charge in [-0.1, -0.05) is 96.0 Å². The lowest BCUT2D eigenvalue weighted by Gasteiger charge is -2.39. The van der Waals surface area contributed by atoms with E-state index in [9.17, 15) is 24.0 Å². The van der Waals surface area contributed by atoms with Gasteiger partial charge in [-0.25, -0.2) is 19.4 Å². The molecule has 15 nitrogen and oxygen atoms in total. The molecule has 2 atom stereocenters. The first-order valence-electron chi connectivity index (χ1n) is 24.2. The third-order valence-electron chi connectivity index (χ3n) is 11.5. The molecule has 6 rings (SSSR count). The molecule has 2 N–H and O–H groups in total. The highest BCUT2D eigenvalue weighted by Crippen LogP contribution is 2.39. The number of benzene rings is 4. The van der Waals surface area contributed by atoms with Crippen LogP contribution in [0.15, 0.2) is 134 Å². The second-order valence-electron chi connectivity index (χ2n) is 17.7. The number of carbonyl (C=O) groups is 5. The van der Waals surface area contributed by atoms with E-state index in [4.69, 9.17) is 47.6 Å². The standard InChI is InChI=1S/C19H24ClN3O2.C17H21NO2.C16H22ClNO2.C4H4O4/c1-18(2)13-25-19(3,23(18)17(24)22-12-11-21-14-22)10-4-5-15-6-8-16(20)9-7-15;1-4-18(5-2)17(19)13(3)20-16-12-8-10-14-9-6-7-11-15(14)16;1-4-20-11-10-18(15(19)12-17)16(13(2)3)14-8-6-5-7-9-14;5-3(6)1-2-4(7)8/h6-9,11-12,14H,4-5,10,13H2,1-3H3;6-13H,4-5H2,1-3H3;5-9H,4,10-12H2,1-3H3;1-2H,(H,5,6)(H,7,8)/b;;;2-1+. The number of aromatic nitrogens is 2. The molecule has 0 aliphatic carbocycles. The zero-order valence-electron chi connectivity index (χ0n) is 43.4. The summed E-state index contributed by atoms with van der Waals surface area (Å²) in [6, 6.07) is 31.6. The van der Waals surface area contributed by atoms with E-state index in [-0.39, 0.29) is 29.3 Å². The number of carbonyl (C=O) groups excluding carboxylic acids is 3. The van der Waals surface area contributed by atoms with Crippen molar-refractivity contribution in [3.8, 4) is 5.75 Å². The summed E-state index contributed by atoms with van der Waals surface area (Å²) < 4.78 is 18.9. The van der Waals surface area contributed by atoms with Crippen molar-refractivity contribution in [3.05, 3.63) is 150 Å². The quantitative estimate of drug-likeness (QED) is 0.0484. The first-order chi connectivity index (χ1) is 34.7. The molecule has 17 heteroatoms. The number of hydrogen-bond acceptors (Lipinski definition) is 9. The van der Waals surface area contributed by atoms with Crippen LogP contribution in [0.4, 0.5) is 4.79 Å². The molecule has 0 spiro atoms. The molecule has 3 amide bonds. The number of aliphatic carboxylic acids is 2. The van der Waals surface area contributed by atoms with E-state index in [0.29, 0.717) is 51.6 Å². The predicted molar refractivity (Wildman–Crippen MR) is 288 cm³/mol. The Labute approximate surface area is 439 Å². The molecule has 5 aromatic rings. The summed E-state index contributed by atoms with van der Waals surface area (Å²) in [7, 11) is 0. The molecule has 4 aromatic carbocycles.